The van der Waals surface area contributed by atoms with Crippen LogP contribution in [0, 0.1) is 0 Å². The highest BCUT2D eigenvalue weighted by Crippen LogP contribution is 2.49. The quantitative estimate of drug-likeness (QED) is 0.169. The summed E-state index contributed by atoms with van der Waals surface area (Å²) < 4.78 is 0. The zero-order valence-electron chi connectivity index (χ0n) is 29.1. The van der Waals surface area contributed by atoms with Crippen molar-refractivity contribution in [1.29, 1.82) is 0 Å². The highest BCUT2D eigenvalue weighted by atomic mass is 15.1. The molecule has 0 saturated heterocycles. The fourth-order valence-corrected chi connectivity index (χ4v) is 8.06. The molecule has 3 aromatic heterocycles. The average molecular weight is 687 g/mol. The first-order valence-corrected chi connectivity index (χ1v) is 18.2. The van der Waals surface area contributed by atoms with Crippen molar-refractivity contribution < 1.29 is 0 Å². The Morgan fingerprint density at radius 3 is 1.41 bits per heavy atom. The molecule has 4 heteroatoms. The van der Waals surface area contributed by atoms with Gasteiger partial charge in [-0.05, 0) is 74.5 Å². The standard InChI is InChI=1S/C50H30N4/c1-2-8-31(9-3-1)46-28-29-47(54-53-46)33-18-16-32(17-19-33)44-26-22-34-20-21-35-23-27-45(52-50(35)49(34)51-44)37-11-6-10-36(30-37)38-24-25-43-40-13-5-4-12-39(40)42-15-7-14-41(38)48(42)43/h1-30H. The Morgan fingerprint density at radius 1 is 0.278 bits per heavy atom. The molecular formula is C50H30N4. The van der Waals surface area contributed by atoms with E-state index in [9.17, 15) is 0 Å². The number of pyridine rings is 2. The van der Waals surface area contributed by atoms with Crippen molar-refractivity contribution in [3.8, 4) is 78.4 Å². The third kappa shape index (κ3) is 4.92. The second kappa shape index (κ2) is 12.1. The predicted molar refractivity (Wildman–Crippen MR) is 222 cm³/mol. The van der Waals surface area contributed by atoms with Gasteiger partial charge in [0.15, 0.2) is 0 Å². The lowest BCUT2D eigenvalue weighted by molar-refractivity contribution is 1.04. The Kier molecular flexibility index (Phi) is 6.82. The third-order valence-electron chi connectivity index (χ3n) is 10.7. The van der Waals surface area contributed by atoms with Crippen molar-refractivity contribution in [2.75, 3.05) is 0 Å². The highest BCUT2D eigenvalue weighted by Gasteiger charge is 2.22. The van der Waals surface area contributed by atoms with Crippen molar-refractivity contribution >= 4 is 32.6 Å². The summed E-state index contributed by atoms with van der Waals surface area (Å²) in [4.78, 5) is 10.5. The van der Waals surface area contributed by atoms with Crippen LogP contribution in [-0.4, -0.2) is 20.2 Å². The number of nitrogens with zero attached hydrogens (tertiary/aromatic N) is 4. The maximum absolute atomic E-state index is 5.28. The van der Waals surface area contributed by atoms with Crippen LogP contribution >= 0.6 is 0 Å². The summed E-state index contributed by atoms with van der Waals surface area (Å²) in [6.45, 7) is 0. The second-order valence-electron chi connectivity index (χ2n) is 13.9. The molecule has 0 saturated carbocycles. The minimum atomic E-state index is 0.832. The van der Waals surface area contributed by atoms with Crippen molar-refractivity contribution in [2.45, 2.75) is 0 Å². The van der Waals surface area contributed by atoms with Crippen molar-refractivity contribution in [1.82, 2.24) is 20.2 Å². The Balaban J connectivity index is 0.939. The molecule has 0 unspecified atom stereocenters. The molecule has 11 rings (SSSR count). The zero-order chi connectivity index (χ0) is 35.6. The van der Waals surface area contributed by atoms with Crippen LogP contribution < -0.4 is 0 Å². The van der Waals surface area contributed by atoms with E-state index in [1.807, 2.05) is 42.5 Å². The van der Waals surface area contributed by atoms with Gasteiger partial charge in [-0.3, -0.25) is 0 Å². The van der Waals surface area contributed by atoms with E-state index >= 15 is 0 Å². The van der Waals surface area contributed by atoms with E-state index in [4.69, 9.17) is 9.97 Å². The SMILES string of the molecule is c1ccc(-c2ccc(-c3ccc(-c4ccc5ccc6ccc(-c7cccc(-c8ccc9c%10c(cccc8%10)-c8ccccc8-9)c7)nc6c5n4)cc3)nn2)cc1. The van der Waals surface area contributed by atoms with Crippen LogP contribution in [0.1, 0.15) is 0 Å². The lowest BCUT2D eigenvalue weighted by Gasteiger charge is -2.12. The molecule has 1 aliphatic carbocycles. The topological polar surface area (TPSA) is 51.6 Å². The van der Waals surface area contributed by atoms with Crippen LogP contribution in [-0.2, 0) is 0 Å². The van der Waals surface area contributed by atoms with Gasteiger partial charge in [0.2, 0.25) is 0 Å². The maximum Gasteiger partial charge on any atom is 0.0972 e. The van der Waals surface area contributed by atoms with Crippen molar-refractivity contribution in [3.63, 3.8) is 0 Å². The Morgan fingerprint density at radius 2 is 0.741 bits per heavy atom. The van der Waals surface area contributed by atoms with E-state index in [0.29, 0.717) is 0 Å². The zero-order valence-corrected chi connectivity index (χ0v) is 29.1. The number of fused-ring (bicyclic) bond motifs is 6. The normalized spacial score (nSPS) is 11.7. The lowest BCUT2D eigenvalue weighted by atomic mass is 9.93. The van der Waals surface area contributed by atoms with Gasteiger partial charge in [0.05, 0.1) is 33.8 Å². The van der Waals surface area contributed by atoms with E-state index in [0.717, 1.165) is 66.8 Å². The molecular weight excluding hydrogens is 657 g/mol. The number of rotatable bonds is 5. The molecule has 3 heterocycles. The summed E-state index contributed by atoms with van der Waals surface area (Å²) in [5, 5.41) is 13.7. The smallest absolute Gasteiger partial charge is 0.0972 e. The summed E-state index contributed by atoms with van der Waals surface area (Å²) >= 11 is 0. The minimum absolute atomic E-state index is 0.832. The summed E-state index contributed by atoms with van der Waals surface area (Å²) in [5.74, 6) is 0. The molecule has 1 aliphatic rings. The number of hydrogen-bond donors (Lipinski definition) is 0. The molecule has 10 aromatic rings. The van der Waals surface area contributed by atoms with Gasteiger partial charge in [-0.2, -0.15) is 0 Å². The minimum Gasteiger partial charge on any atom is -0.245 e. The van der Waals surface area contributed by atoms with Gasteiger partial charge < -0.3 is 0 Å². The summed E-state index contributed by atoms with van der Waals surface area (Å²) in [5.41, 5.74) is 17.1. The molecule has 4 nitrogen and oxygen atoms in total. The first-order valence-electron chi connectivity index (χ1n) is 18.2. The Labute approximate surface area is 312 Å². The van der Waals surface area contributed by atoms with Crippen molar-refractivity contribution in [3.05, 3.63) is 182 Å². The van der Waals surface area contributed by atoms with Gasteiger partial charge in [0.25, 0.3) is 0 Å². The van der Waals surface area contributed by atoms with Crippen LogP contribution in [0.2, 0.25) is 0 Å². The molecule has 0 fully saturated rings. The molecule has 0 aliphatic heterocycles. The number of aromatic nitrogens is 4. The van der Waals surface area contributed by atoms with E-state index in [1.165, 1.54) is 44.2 Å². The van der Waals surface area contributed by atoms with Gasteiger partial charge in [-0.1, -0.05) is 152 Å². The molecule has 54 heavy (non-hydrogen) atoms. The molecule has 250 valence electrons. The molecule has 0 spiro atoms. The van der Waals surface area contributed by atoms with Crippen LogP contribution in [0.3, 0.4) is 0 Å². The fourth-order valence-electron chi connectivity index (χ4n) is 8.06. The predicted octanol–water partition coefficient (Wildman–Crippen LogP) is 12.7. The monoisotopic (exact) mass is 686 g/mol. The first kappa shape index (κ1) is 30.3. The van der Waals surface area contributed by atoms with E-state index < -0.39 is 0 Å². The van der Waals surface area contributed by atoms with E-state index in [-0.39, 0.29) is 0 Å². The molecule has 0 N–H and O–H groups in total. The number of benzene rings is 7. The van der Waals surface area contributed by atoms with Gasteiger partial charge in [0.1, 0.15) is 0 Å². The van der Waals surface area contributed by atoms with Crippen LogP contribution in [0.25, 0.3) is 111 Å². The molecule has 0 bridgehead atoms. The van der Waals surface area contributed by atoms with E-state index in [1.54, 1.807) is 0 Å². The second-order valence-corrected chi connectivity index (χ2v) is 13.9. The molecule has 0 radical (unpaired) electrons. The van der Waals surface area contributed by atoms with Crippen molar-refractivity contribution in [2.24, 2.45) is 0 Å². The number of hydrogen-bond acceptors (Lipinski definition) is 4. The molecule has 7 aromatic carbocycles. The van der Waals surface area contributed by atoms with Crippen LogP contribution in [0.15, 0.2) is 182 Å². The highest BCUT2D eigenvalue weighted by molar-refractivity contribution is 6.18. The summed E-state index contributed by atoms with van der Waals surface area (Å²) in [7, 11) is 0. The van der Waals surface area contributed by atoms with E-state index in [2.05, 4.69) is 150 Å². The van der Waals surface area contributed by atoms with Gasteiger partial charge in [-0.25, -0.2) is 9.97 Å². The van der Waals surface area contributed by atoms with Gasteiger partial charge in [-0.15, -0.1) is 10.2 Å². The third-order valence-corrected chi connectivity index (χ3v) is 10.7. The average Bonchev–Trinajstić information content (AvgIpc) is 3.58. The fraction of sp³-hybridized carbons (Fsp3) is 0. The largest absolute Gasteiger partial charge is 0.245 e. The first-order chi connectivity index (χ1) is 26.7. The molecule has 0 atom stereocenters. The molecule has 0 amide bonds. The van der Waals surface area contributed by atoms with Gasteiger partial charge >= 0.3 is 0 Å². The van der Waals surface area contributed by atoms with Crippen LogP contribution in [0.5, 0.6) is 0 Å². The Bertz CT molecular complexity index is 3050. The summed E-state index contributed by atoms with van der Waals surface area (Å²) in [6, 6.07) is 64.0. The maximum atomic E-state index is 5.28. The van der Waals surface area contributed by atoms with Crippen LogP contribution in [0.4, 0.5) is 0 Å². The Hall–Kier alpha value is -7.30. The van der Waals surface area contributed by atoms with Gasteiger partial charge in [0, 0.05) is 33.0 Å². The lowest BCUT2D eigenvalue weighted by Crippen LogP contribution is -1.92. The summed E-state index contributed by atoms with van der Waals surface area (Å²) in [6.07, 6.45) is 0.